The molecule has 2 rings (SSSR count). The molecule has 0 N–H and O–H groups in total. The summed E-state index contributed by atoms with van der Waals surface area (Å²) >= 11 is 0. The summed E-state index contributed by atoms with van der Waals surface area (Å²) in [6.07, 6.45) is 1.54. The molecule has 1 aromatic heterocycles. The number of rotatable bonds is 1. The van der Waals surface area contributed by atoms with Crippen LogP contribution in [0, 0.1) is 18.3 Å². The predicted molar refractivity (Wildman–Crippen MR) is 53.6 cm³/mol. The smallest absolute Gasteiger partial charge is 0.211 e. The van der Waals surface area contributed by atoms with Crippen molar-refractivity contribution in [2.75, 3.05) is 0 Å². The van der Waals surface area contributed by atoms with Gasteiger partial charge in [-0.25, -0.2) is 0 Å². The Morgan fingerprint density at radius 2 is 1.86 bits per heavy atom. The molecule has 1 aromatic carbocycles. The van der Waals surface area contributed by atoms with E-state index in [9.17, 15) is 0 Å². The Hall–Kier alpha value is -2.01. The molecule has 0 radical (unpaired) electrons. The van der Waals surface area contributed by atoms with Crippen LogP contribution in [0.15, 0.2) is 41.0 Å². The summed E-state index contributed by atoms with van der Waals surface area (Å²) < 4.78 is 5.04. The molecule has 0 aliphatic heterocycles. The first kappa shape index (κ1) is 8.58. The van der Waals surface area contributed by atoms with Crippen molar-refractivity contribution >= 4 is 0 Å². The first-order valence-corrected chi connectivity index (χ1v) is 4.36. The molecule has 0 atom stereocenters. The minimum atomic E-state index is 0.369. The fraction of sp³-hybridized carbons (Fsp3) is 0.0833. The van der Waals surface area contributed by atoms with Crippen molar-refractivity contribution in [3.05, 3.63) is 47.9 Å². The molecule has 0 aliphatic rings. The highest BCUT2D eigenvalue weighted by molar-refractivity contribution is 5.68. The van der Waals surface area contributed by atoms with Gasteiger partial charge in [0.2, 0.25) is 5.76 Å². The molecule has 0 aliphatic carbocycles. The van der Waals surface area contributed by atoms with Crippen LogP contribution in [0.25, 0.3) is 11.1 Å². The fourth-order valence-corrected chi connectivity index (χ4v) is 1.36. The van der Waals surface area contributed by atoms with E-state index in [4.69, 9.17) is 9.68 Å². The number of nitrogens with zero attached hydrogens (tertiary/aromatic N) is 1. The van der Waals surface area contributed by atoms with Crippen LogP contribution in [-0.2, 0) is 0 Å². The monoisotopic (exact) mass is 183 g/mol. The van der Waals surface area contributed by atoms with Crippen molar-refractivity contribution in [1.82, 2.24) is 0 Å². The Labute approximate surface area is 82.4 Å². The van der Waals surface area contributed by atoms with E-state index in [1.807, 2.05) is 43.3 Å². The quantitative estimate of drug-likeness (QED) is 0.681. The maximum Gasteiger partial charge on any atom is 0.211 e. The highest BCUT2D eigenvalue weighted by Gasteiger charge is 2.06. The molecule has 0 spiro atoms. The highest BCUT2D eigenvalue weighted by Crippen LogP contribution is 2.24. The molecule has 0 bridgehead atoms. The van der Waals surface area contributed by atoms with Gasteiger partial charge in [-0.05, 0) is 18.6 Å². The topological polar surface area (TPSA) is 36.9 Å². The van der Waals surface area contributed by atoms with Gasteiger partial charge in [0.25, 0.3) is 0 Å². The van der Waals surface area contributed by atoms with Crippen molar-refractivity contribution in [2.24, 2.45) is 0 Å². The number of hydrogen-bond acceptors (Lipinski definition) is 2. The van der Waals surface area contributed by atoms with E-state index in [1.54, 1.807) is 0 Å². The van der Waals surface area contributed by atoms with Crippen molar-refractivity contribution in [2.45, 2.75) is 6.92 Å². The summed E-state index contributed by atoms with van der Waals surface area (Å²) in [4.78, 5) is 0. The Balaban J connectivity index is 2.50. The van der Waals surface area contributed by atoms with Crippen LogP contribution >= 0.6 is 0 Å². The predicted octanol–water partition coefficient (Wildman–Crippen LogP) is 3.13. The normalized spacial score (nSPS) is 9.71. The summed E-state index contributed by atoms with van der Waals surface area (Å²) in [6.45, 7) is 2.03. The molecule has 68 valence electrons. The van der Waals surface area contributed by atoms with Crippen molar-refractivity contribution < 1.29 is 4.42 Å². The Bertz CT molecular complexity index is 474. The Morgan fingerprint density at radius 3 is 2.50 bits per heavy atom. The van der Waals surface area contributed by atoms with Crippen LogP contribution in [0.5, 0.6) is 0 Å². The van der Waals surface area contributed by atoms with E-state index < -0.39 is 0 Å². The van der Waals surface area contributed by atoms with Crippen molar-refractivity contribution in [3.63, 3.8) is 0 Å². The van der Waals surface area contributed by atoms with Crippen LogP contribution < -0.4 is 0 Å². The summed E-state index contributed by atoms with van der Waals surface area (Å²) in [7, 11) is 0. The van der Waals surface area contributed by atoms with E-state index in [-0.39, 0.29) is 0 Å². The second kappa shape index (κ2) is 3.39. The second-order valence-electron chi connectivity index (χ2n) is 3.14. The number of nitriles is 1. The maximum atomic E-state index is 8.78. The molecule has 2 heteroatoms. The lowest BCUT2D eigenvalue weighted by molar-refractivity contribution is 0.553. The lowest BCUT2D eigenvalue weighted by atomic mass is 10.1. The average molecular weight is 183 g/mol. The molecular formula is C12H9NO. The van der Waals surface area contributed by atoms with E-state index >= 15 is 0 Å². The second-order valence-corrected chi connectivity index (χ2v) is 3.14. The van der Waals surface area contributed by atoms with Crippen LogP contribution in [0.3, 0.4) is 0 Å². The van der Waals surface area contributed by atoms with Gasteiger partial charge in [-0.2, -0.15) is 5.26 Å². The molecule has 2 aromatic rings. The Kier molecular flexibility index (Phi) is 2.08. The number of aryl methyl sites for hydroxylation is 1. The number of furan rings is 1. The van der Waals surface area contributed by atoms with Gasteiger partial charge in [0.15, 0.2) is 0 Å². The zero-order chi connectivity index (χ0) is 9.97. The largest absolute Gasteiger partial charge is 0.453 e. The molecule has 0 saturated heterocycles. The fourth-order valence-electron chi connectivity index (χ4n) is 1.36. The highest BCUT2D eigenvalue weighted by atomic mass is 16.3. The standard InChI is InChI=1S/C12H9NO/c1-9-2-4-10(5-3-9)11-6-7-14-12(11)8-13/h2-7H,1H3. The van der Waals surface area contributed by atoms with E-state index in [1.165, 1.54) is 11.8 Å². The van der Waals surface area contributed by atoms with E-state index in [0.717, 1.165) is 11.1 Å². The van der Waals surface area contributed by atoms with Crippen LogP contribution in [0.1, 0.15) is 11.3 Å². The summed E-state index contributed by atoms with van der Waals surface area (Å²) in [5.41, 5.74) is 3.07. The van der Waals surface area contributed by atoms with Gasteiger partial charge in [0, 0.05) is 5.56 Å². The molecular weight excluding hydrogens is 174 g/mol. The summed E-state index contributed by atoms with van der Waals surface area (Å²) in [5.74, 6) is 0.369. The van der Waals surface area contributed by atoms with Gasteiger partial charge in [-0.15, -0.1) is 0 Å². The Morgan fingerprint density at radius 1 is 1.14 bits per heavy atom. The van der Waals surface area contributed by atoms with Gasteiger partial charge in [0.1, 0.15) is 6.07 Å². The van der Waals surface area contributed by atoms with Gasteiger partial charge in [-0.1, -0.05) is 29.8 Å². The third-order valence-electron chi connectivity index (χ3n) is 2.13. The molecule has 0 fully saturated rings. The SMILES string of the molecule is Cc1ccc(-c2ccoc2C#N)cc1. The van der Waals surface area contributed by atoms with Gasteiger partial charge in [-0.3, -0.25) is 0 Å². The molecule has 2 nitrogen and oxygen atoms in total. The summed E-state index contributed by atoms with van der Waals surface area (Å²) in [6, 6.07) is 11.8. The van der Waals surface area contributed by atoms with Crippen LogP contribution in [-0.4, -0.2) is 0 Å². The molecule has 0 unspecified atom stereocenters. The minimum Gasteiger partial charge on any atom is -0.453 e. The summed E-state index contributed by atoms with van der Waals surface area (Å²) in [5, 5.41) is 8.78. The lowest BCUT2D eigenvalue weighted by Gasteiger charge is -1.98. The molecule has 14 heavy (non-hydrogen) atoms. The first-order chi connectivity index (χ1) is 6.81. The number of benzene rings is 1. The lowest BCUT2D eigenvalue weighted by Crippen LogP contribution is -1.78. The van der Waals surface area contributed by atoms with Gasteiger partial charge >= 0.3 is 0 Å². The van der Waals surface area contributed by atoms with Crippen molar-refractivity contribution in [1.29, 1.82) is 5.26 Å². The maximum absolute atomic E-state index is 8.78. The molecule has 1 heterocycles. The average Bonchev–Trinajstić information content (AvgIpc) is 2.67. The third kappa shape index (κ3) is 1.40. The minimum absolute atomic E-state index is 0.369. The van der Waals surface area contributed by atoms with Crippen LogP contribution in [0.2, 0.25) is 0 Å². The van der Waals surface area contributed by atoms with E-state index in [2.05, 4.69) is 0 Å². The molecule has 0 saturated carbocycles. The van der Waals surface area contributed by atoms with E-state index in [0.29, 0.717) is 5.76 Å². The van der Waals surface area contributed by atoms with Crippen molar-refractivity contribution in [3.8, 4) is 17.2 Å². The zero-order valence-electron chi connectivity index (χ0n) is 7.82. The zero-order valence-corrected chi connectivity index (χ0v) is 7.82. The number of hydrogen-bond donors (Lipinski definition) is 0. The third-order valence-corrected chi connectivity index (χ3v) is 2.13. The van der Waals surface area contributed by atoms with Gasteiger partial charge < -0.3 is 4.42 Å². The molecule has 0 amide bonds. The van der Waals surface area contributed by atoms with Gasteiger partial charge in [0.05, 0.1) is 6.26 Å². The van der Waals surface area contributed by atoms with Crippen LogP contribution in [0.4, 0.5) is 0 Å². The first-order valence-electron chi connectivity index (χ1n) is 4.36.